The number of ether oxygens (including phenoxy) is 1. The number of rotatable bonds is 3. The predicted octanol–water partition coefficient (Wildman–Crippen LogP) is 3.39. The van der Waals surface area contributed by atoms with Crippen LogP contribution in [0.4, 0.5) is 0 Å². The molecule has 4 rings (SSSR count). The Morgan fingerprint density at radius 1 is 1.30 bits per heavy atom. The average molecular weight is 326 g/mol. The summed E-state index contributed by atoms with van der Waals surface area (Å²) in [5, 5.41) is 0.843. The number of thiophene rings is 1. The van der Waals surface area contributed by atoms with E-state index >= 15 is 0 Å². The largest absolute Gasteiger partial charge is 0.497 e. The molecule has 0 fully saturated rings. The number of methoxy groups -OCH3 is 1. The van der Waals surface area contributed by atoms with Gasteiger partial charge in [0.05, 0.1) is 25.4 Å². The summed E-state index contributed by atoms with van der Waals surface area (Å²) < 4.78 is 6.96. The molecule has 0 atom stereocenters. The molecule has 4 nitrogen and oxygen atoms in total. The number of aromatic nitrogens is 2. The van der Waals surface area contributed by atoms with Crippen LogP contribution in [0.15, 0.2) is 35.4 Å². The van der Waals surface area contributed by atoms with Crippen LogP contribution < -0.4 is 10.3 Å². The zero-order valence-electron chi connectivity index (χ0n) is 13.0. The van der Waals surface area contributed by atoms with Crippen molar-refractivity contribution in [1.82, 2.24) is 9.55 Å². The molecule has 3 aromatic rings. The standard InChI is InChI=1S/C18H18N2O2S/c1-22-13-6-4-5-12(9-13)10-20-11-19-17-16(18(20)21)14-7-2-3-8-15(14)23-17/h4-6,9,11H,2-3,7-8,10H2,1H3. The van der Waals surface area contributed by atoms with E-state index in [4.69, 9.17) is 4.74 Å². The molecule has 0 spiro atoms. The van der Waals surface area contributed by atoms with Gasteiger partial charge in [-0.3, -0.25) is 9.36 Å². The minimum Gasteiger partial charge on any atom is -0.497 e. The van der Waals surface area contributed by atoms with E-state index in [1.54, 1.807) is 29.3 Å². The smallest absolute Gasteiger partial charge is 0.262 e. The first-order chi connectivity index (χ1) is 11.3. The molecule has 0 amide bonds. The number of aryl methyl sites for hydroxylation is 2. The summed E-state index contributed by atoms with van der Waals surface area (Å²) in [6, 6.07) is 7.81. The van der Waals surface area contributed by atoms with Crippen molar-refractivity contribution >= 4 is 21.6 Å². The third-order valence-corrected chi connectivity index (χ3v) is 5.63. The highest BCUT2D eigenvalue weighted by Crippen LogP contribution is 2.33. The van der Waals surface area contributed by atoms with Gasteiger partial charge in [-0.1, -0.05) is 12.1 Å². The van der Waals surface area contributed by atoms with E-state index in [0.717, 1.165) is 34.4 Å². The van der Waals surface area contributed by atoms with Gasteiger partial charge in [0.15, 0.2) is 0 Å². The van der Waals surface area contributed by atoms with E-state index in [0.29, 0.717) is 6.54 Å². The molecule has 1 aliphatic rings. The maximum absolute atomic E-state index is 12.9. The maximum Gasteiger partial charge on any atom is 0.262 e. The lowest BCUT2D eigenvalue weighted by Crippen LogP contribution is -2.21. The van der Waals surface area contributed by atoms with Crippen LogP contribution in [0.3, 0.4) is 0 Å². The fourth-order valence-corrected chi connectivity index (χ4v) is 4.48. The van der Waals surface area contributed by atoms with Crippen molar-refractivity contribution in [1.29, 1.82) is 0 Å². The Bertz CT molecular complexity index is 926. The monoisotopic (exact) mass is 326 g/mol. The van der Waals surface area contributed by atoms with Crippen molar-refractivity contribution in [3.8, 4) is 5.75 Å². The summed E-state index contributed by atoms with van der Waals surface area (Å²) >= 11 is 1.69. The van der Waals surface area contributed by atoms with Gasteiger partial charge in [-0.05, 0) is 48.9 Å². The predicted molar refractivity (Wildman–Crippen MR) is 92.6 cm³/mol. The third-order valence-electron chi connectivity index (χ3n) is 4.43. The second kappa shape index (κ2) is 5.81. The van der Waals surface area contributed by atoms with E-state index in [-0.39, 0.29) is 5.56 Å². The zero-order chi connectivity index (χ0) is 15.8. The number of nitrogens with zero attached hydrogens (tertiary/aromatic N) is 2. The molecule has 0 unspecified atom stereocenters. The molecule has 1 aliphatic carbocycles. The van der Waals surface area contributed by atoms with Crippen molar-refractivity contribution in [3.63, 3.8) is 0 Å². The second-order valence-electron chi connectivity index (χ2n) is 5.92. The molecule has 23 heavy (non-hydrogen) atoms. The van der Waals surface area contributed by atoms with Gasteiger partial charge in [0.1, 0.15) is 10.6 Å². The lowest BCUT2D eigenvalue weighted by Gasteiger charge is -2.11. The Kier molecular flexibility index (Phi) is 3.65. The topological polar surface area (TPSA) is 44.1 Å². The molecule has 5 heteroatoms. The zero-order valence-corrected chi connectivity index (χ0v) is 13.9. The Labute approximate surface area is 138 Å². The van der Waals surface area contributed by atoms with E-state index in [1.807, 2.05) is 24.3 Å². The summed E-state index contributed by atoms with van der Waals surface area (Å²) in [7, 11) is 1.65. The Morgan fingerprint density at radius 3 is 3.04 bits per heavy atom. The molecule has 0 N–H and O–H groups in total. The lowest BCUT2D eigenvalue weighted by atomic mass is 9.97. The van der Waals surface area contributed by atoms with Crippen LogP contribution in [0.1, 0.15) is 28.8 Å². The normalized spacial score (nSPS) is 14.0. The first kappa shape index (κ1) is 14.5. The minimum atomic E-state index is 0.0808. The summed E-state index contributed by atoms with van der Waals surface area (Å²) in [5.41, 5.74) is 2.36. The molecule has 0 aliphatic heterocycles. The van der Waals surface area contributed by atoms with E-state index in [1.165, 1.54) is 23.3 Å². The summed E-state index contributed by atoms with van der Waals surface area (Å²) in [6.07, 6.45) is 6.16. The quantitative estimate of drug-likeness (QED) is 0.741. The van der Waals surface area contributed by atoms with E-state index in [2.05, 4.69) is 4.98 Å². The van der Waals surface area contributed by atoms with E-state index in [9.17, 15) is 4.79 Å². The highest BCUT2D eigenvalue weighted by molar-refractivity contribution is 7.18. The third kappa shape index (κ3) is 2.55. The van der Waals surface area contributed by atoms with Gasteiger partial charge in [-0.25, -0.2) is 4.98 Å². The Morgan fingerprint density at radius 2 is 2.17 bits per heavy atom. The van der Waals surface area contributed by atoms with E-state index < -0.39 is 0 Å². The first-order valence-corrected chi connectivity index (χ1v) is 8.70. The Hall–Kier alpha value is -2.14. The van der Waals surface area contributed by atoms with Gasteiger partial charge in [0.25, 0.3) is 5.56 Å². The van der Waals surface area contributed by atoms with Crippen molar-refractivity contribution in [2.24, 2.45) is 0 Å². The van der Waals surface area contributed by atoms with Gasteiger partial charge >= 0.3 is 0 Å². The molecular formula is C18H18N2O2S. The van der Waals surface area contributed by atoms with Crippen LogP contribution in [0, 0.1) is 0 Å². The van der Waals surface area contributed by atoms with Crippen LogP contribution in [0.5, 0.6) is 5.75 Å². The fraction of sp³-hybridized carbons (Fsp3) is 0.333. The maximum atomic E-state index is 12.9. The molecule has 2 aromatic heterocycles. The van der Waals surface area contributed by atoms with Crippen LogP contribution in [0.25, 0.3) is 10.2 Å². The number of hydrogen-bond acceptors (Lipinski definition) is 4. The average Bonchev–Trinajstić information content (AvgIpc) is 2.97. The first-order valence-electron chi connectivity index (χ1n) is 7.89. The molecule has 0 saturated heterocycles. The summed E-state index contributed by atoms with van der Waals surface area (Å²) in [5.74, 6) is 0.803. The van der Waals surface area contributed by atoms with Gasteiger partial charge in [0.2, 0.25) is 0 Å². The fourth-order valence-electron chi connectivity index (χ4n) is 3.26. The molecule has 0 bridgehead atoms. The van der Waals surface area contributed by atoms with Gasteiger partial charge in [-0.2, -0.15) is 0 Å². The SMILES string of the molecule is COc1cccc(Cn2cnc3sc4c(c3c2=O)CCCC4)c1. The number of benzene rings is 1. The molecule has 0 radical (unpaired) electrons. The van der Waals surface area contributed by atoms with Crippen LogP contribution in [0.2, 0.25) is 0 Å². The number of hydrogen-bond donors (Lipinski definition) is 0. The van der Waals surface area contributed by atoms with Crippen molar-refractivity contribution < 1.29 is 4.74 Å². The number of fused-ring (bicyclic) bond motifs is 3. The summed E-state index contributed by atoms with van der Waals surface area (Å²) in [6.45, 7) is 0.517. The van der Waals surface area contributed by atoms with Gasteiger partial charge in [0, 0.05) is 4.88 Å². The van der Waals surface area contributed by atoms with Crippen LogP contribution in [-0.4, -0.2) is 16.7 Å². The van der Waals surface area contributed by atoms with Crippen molar-refractivity contribution in [2.45, 2.75) is 32.2 Å². The summed E-state index contributed by atoms with van der Waals surface area (Å²) in [4.78, 5) is 19.7. The van der Waals surface area contributed by atoms with Gasteiger partial charge in [-0.15, -0.1) is 11.3 Å². The second-order valence-corrected chi connectivity index (χ2v) is 7.00. The lowest BCUT2D eigenvalue weighted by molar-refractivity contribution is 0.414. The Balaban J connectivity index is 1.78. The highest BCUT2D eigenvalue weighted by Gasteiger charge is 2.19. The van der Waals surface area contributed by atoms with Crippen LogP contribution >= 0.6 is 11.3 Å². The molecular weight excluding hydrogens is 308 g/mol. The molecule has 0 saturated carbocycles. The van der Waals surface area contributed by atoms with Crippen LogP contribution in [-0.2, 0) is 19.4 Å². The van der Waals surface area contributed by atoms with Crippen molar-refractivity contribution in [2.75, 3.05) is 7.11 Å². The van der Waals surface area contributed by atoms with Crippen molar-refractivity contribution in [3.05, 3.63) is 57.0 Å². The minimum absolute atomic E-state index is 0.0808. The van der Waals surface area contributed by atoms with Gasteiger partial charge < -0.3 is 4.74 Å². The molecule has 1 aromatic carbocycles. The highest BCUT2D eigenvalue weighted by atomic mass is 32.1. The molecule has 2 heterocycles. The molecule has 118 valence electrons.